The standard InChI is InChI=1S/C5H4N.HI.Zn/c1-2-4-6-5-3-1;;/h1-4H;1H;/q-1;;. The van der Waals surface area contributed by atoms with Crippen LogP contribution < -0.4 is 0 Å². The summed E-state index contributed by atoms with van der Waals surface area (Å²) in [5.41, 5.74) is 0. The van der Waals surface area contributed by atoms with Crippen LogP contribution >= 0.6 is 24.0 Å². The van der Waals surface area contributed by atoms with E-state index in [1.165, 1.54) is 0 Å². The fourth-order valence-corrected chi connectivity index (χ4v) is 0.277. The van der Waals surface area contributed by atoms with E-state index in [9.17, 15) is 0 Å². The van der Waals surface area contributed by atoms with Gasteiger partial charge in [0.2, 0.25) is 0 Å². The maximum atomic E-state index is 3.66. The van der Waals surface area contributed by atoms with E-state index >= 15 is 0 Å². The summed E-state index contributed by atoms with van der Waals surface area (Å²) in [6.45, 7) is 0. The maximum absolute atomic E-state index is 3.66. The molecule has 0 atom stereocenters. The van der Waals surface area contributed by atoms with Crippen LogP contribution in [0.25, 0.3) is 0 Å². The molecule has 0 radical (unpaired) electrons. The Hall–Kier alpha value is 0.503. The molecule has 0 bridgehead atoms. The Kier molecular flexibility index (Phi) is 10.6. The zero-order valence-corrected chi connectivity index (χ0v) is 9.67. The van der Waals surface area contributed by atoms with Crippen molar-refractivity contribution in [2.45, 2.75) is 0 Å². The van der Waals surface area contributed by atoms with E-state index in [2.05, 4.69) is 11.2 Å². The van der Waals surface area contributed by atoms with Crippen molar-refractivity contribution >= 4 is 24.0 Å². The van der Waals surface area contributed by atoms with Gasteiger partial charge in [0.25, 0.3) is 0 Å². The summed E-state index contributed by atoms with van der Waals surface area (Å²) in [6.07, 6.45) is 4.34. The molecule has 8 heavy (non-hydrogen) atoms. The third-order valence-corrected chi connectivity index (χ3v) is 0.517. The third kappa shape index (κ3) is 4.66. The Morgan fingerprint density at radius 2 is 2.00 bits per heavy atom. The summed E-state index contributed by atoms with van der Waals surface area (Å²) in [6, 6.07) is 5.50. The molecule has 0 aliphatic rings. The molecule has 0 fully saturated rings. The van der Waals surface area contributed by atoms with E-state index in [0.29, 0.717) is 0 Å². The number of aromatic nitrogens is 1. The summed E-state index contributed by atoms with van der Waals surface area (Å²) >= 11 is 0. The molecule has 3 heteroatoms. The van der Waals surface area contributed by atoms with Gasteiger partial charge < -0.3 is 4.98 Å². The molecular weight excluding hydrogens is 266 g/mol. The third-order valence-electron chi connectivity index (χ3n) is 0.517. The van der Waals surface area contributed by atoms with Crippen molar-refractivity contribution in [1.82, 2.24) is 4.98 Å². The topological polar surface area (TPSA) is 12.9 Å². The molecule has 1 aromatic rings. The van der Waals surface area contributed by atoms with Crippen molar-refractivity contribution in [3.8, 4) is 0 Å². The number of pyridine rings is 1. The predicted octanol–water partition coefficient (Wildman–Crippen LogP) is 1.50. The van der Waals surface area contributed by atoms with Gasteiger partial charge in [-0.05, 0) is 0 Å². The quantitative estimate of drug-likeness (QED) is 0.396. The fourth-order valence-electron chi connectivity index (χ4n) is 0.277. The van der Waals surface area contributed by atoms with Gasteiger partial charge in [0.15, 0.2) is 0 Å². The van der Waals surface area contributed by atoms with Crippen molar-refractivity contribution in [3.63, 3.8) is 0 Å². The van der Waals surface area contributed by atoms with E-state index < -0.39 is 0 Å². The van der Waals surface area contributed by atoms with Crippen molar-refractivity contribution in [3.05, 3.63) is 30.6 Å². The normalized spacial score (nSPS) is 6.00. The van der Waals surface area contributed by atoms with Gasteiger partial charge >= 0.3 is 0 Å². The van der Waals surface area contributed by atoms with Gasteiger partial charge in [-0.15, -0.1) is 24.0 Å². The molecule has 0 saturated heterocycles. The SMILES string of the molecule is I.[Zn].[c-]1ccccn1. The van der Waals surface area contributed by atoms with Gasteiger partial charge in [-0.2, -0.15) is 18.2 Å². The van der Waals surface area contributed by atoms with Crippen LogP contribution in [0.4, 0.5) is 0 Å². The van der Waals surface area contributed by atoms with Gasteiger partial charge in [0.1, 0.15) is 0 Å². The molecule has 0 aliphatic carbocycles. The average molecular weight is 271 g/mol. The van der Waals surface area contributed by atoms with E-state index in [1.807, 2.05) is 12.1 Å². The molecule has 0 spiro atoms. The van der Waals surface area contributed by atoms with E-state index in [1.54, 1.807) is 12.3 Å². The second-order valence-corrected chi connectivity index (χ2v) is 0.959. The Labute approximate surface area is 78.7 Å². The Morgan fingerprint density at radius 3 is 2.12 bits per heavy atom. The average Bonchev–Trinajstić information content (AvgIpc) is 1.72. The first-order chi connectivity index (χ1) is 3.00. The molecule has 1 nitrogen and oxygen atoms in total. The molecule has 1 aromatic heterocycles. The first-order valence-corrected chi connectivity index (χ1v) is 1.77. The first-order valence-electron chi connectivity index (χ1n) is 1.77. The molecule has 0 aliphatic heterocycles. The molecule has 40 valence electrons. The summed E-state index contributed by atoms with van der Waals surface area (Å²) in [5, 5.41) is 0. The number of hydrogen-bond donors (Lipinski definition) is 0. The fraction of sp³-hybridized carbons (Fsp3) is 0. The molecule has 1 rings (SSSR count). The van der Waals surface area contributed by atoms with Gasteiger partial charge in [0, 0.05) is 19.5 Å². The van der Waals surface area contributed by atoms with E-state index in [-0.39, 0.29) is 43.5 Å². The molecular formula is C5H5INZn-. The monoisotopic (exact) mass is 270 g/mol. The maximum Gasteiger partial charge on any atom is 0 e. The zero-order valence-electron chi connectivity index (χ0n) is 4.37. The first kappa shape index (κ1) is 11.3. The van der Waals surface area contributed by atoms with E-state index in [0.717, 1.165) is 0 Å². The van der Waals surface area contributed by atoms with Crippen molar-refractivity contribution in [2.24, 2.45) is 0 Å². The van der Waals surface area contributed by atoms with Crippen LogP contribution in [-0.2, 0) is 19.5 Å². The Morgan fingerprint density at radius 1 is 1.25 bits per heavy atom. The van der Waals surface area contributed by atoms with Gasteiger partial charge in [-0.25, -0.2) is 0 Å². The number of nitrogens with zero attached hydrogens (tertiary/aromatic N) is 1. The van der Waals surface area contributed by atoms with Crippen LogP contribution in [-0.4, -0.2) is 4.98 Å². The summed E-state index contributed by atoms with van der Waals surface area (Å²) in [5.74, 6) is 0. The second-order valence-electron chi connectivity index (χ2n) is 0.959. The van der Waals surface area contributed by atoms with Gasteiger partial charge in [-0.1, -0.05) is 12.4 Å². The van der Waals surface area contributed by atoms with Crippen molar-refractivity contribution < 1.29 is 19.5 Å². The minimum Gasteiger partial charge on any atom is -0.394 e. The Bertz CT molecular complexity index is 84.4. The molecule has 0 saturated carbocycles. The largest absolute Gasteiger partial charge is 0.394 e. The molecule has 0 N–H and O–H groups in total. The van der Waals surface area contributed by atoms with Crippen LogP contribution in [0.5, 0.6) is 0 Å². The van der Waals surface area contributed by atoms with Crippen molar-refractivity contribution in [2.75, 3.05) is 0 Å². The van der Waals surface area contributed by atoms with Crippen LogP contribution in [0.3, 0.4) is 0 Å². The minimum atomic E-state index is 0. The zero-order chi connectivity index (χ0) is 4.24. The summed E-state index contributed by atoms with van der Waals surface area (Å²) in [7, 11) is 0. The summed E-state index contributed by atoms with van der Waals surface area (Å²) in [4.78, 5) is 3.66. The van der Waals surface area contributed by atoms with Crippen LogP contribution in [0.2, 0.25) is 0 Å². The van der Waals surface area contributed by atoms with Crippen LogP contribution in [0.15, 0.2) is 24.4 Å². The molecule has 0 aromatic carbocycles. The van der Waals surface area contributed by atoms with Gasteiger partial charge in [-0.3, -0.25) is 0 Å². The van der Waals surface area contributed by atoms with E-state index in [4.69, 9.17) is 0 Å². The minimum absolute atomic E-state index is 0. The van der Waals surface area contributed by atoms with Crippen molar-refractivity contribution in [1.29, 1.82) is 0 Å². The molecule has 0 unspecified atom stereocenters. The smallest absolute Gasteiger partial charge is 0 e. The summed E-state index contributed by atoms with van der Waals surface area (Å²) < 4.78 is 0. The number of hydrogen-bond acceptors (Lipinski definition) is 1. The van der Waals surface area contributed by atoms with Gasteiger partial charge in [0.05, 0.1) is 0 Å². The second kappa shape index (κ2) is 7.50. The van der Waals surface area contributed by atoms with Crippen LogP contribution in [0.1, 0.15) is 0 Å². The number of rotatable bonds is 0. The number of halogens is 1. The Balaban J connectivity index is 0. The van der Waals surface area contributed by atoms with Crippen LogP contribution in [0, 0.1) is 6.20 Å². The molecule has 0 amide bonds. The predicted molar refractivity (Wildman–Crippen MR) is 38.5 cm³/mol. The molecule has 1 heterocycles.